The highest BCUT2D eigenvalue weighted by molar-refractivity contribution is 7.80. The van der Waals surface area contributed by atoms with E-state index in [2.05, 4.69) is 22.8 Å². The number of H-pyrrole nitrogens is 1. The maximum atomic E-state index is 10.7. The number of carbonyl (C=O) groups is 1. The molecule has 76 valence electrons. The van der Waals surface area contributed by atoms with Gasteiger partial charge in [-0.25, -0.2) is 0 Å². The highest BCUT2D eigenvalue weighted by Gasteiger charge is 2.07. The van der Waals surface area contributed by atoms with E-state index in [1.165, 1.54) is 0 Å². The Balaban J connectivity index is 2.54. The number of hydrogen-bond acceptors (Lipinski definition) is 3. The van der Waals surface area contributed by atoms with E-state index in [1.54, 1.807) is 6.20 Å². The Hall–Kier alpha value is -1.55. The first kappa shape index (κ1) is 9.98. The Morgan fingerprint density at radius 2 is 2.27 bits per heavy atom. The zero-order chi connectivity index (χ0) is 10.8. The predicted octanol–water partition coefficient (Wildman–Crippen LogP) is 2.49. The number of nitrogens with one attached hydrogen (secondary N) is 1. The zero-order valence-corrected chi connectivity index (χ0v) is 9.08. The lowest BCUT2D eigenvalue weighted by Gasteiger charge is -2.02. The molecule has 0 fully saturated rings. The number of aryl methyl sites for hydroxylation is 1. The van der Waals surface area contributed by atoms with Crippen molar-refractivity contribution in [3.63, 3.8) is 0 Å². The minimum Gasteiger partial charge on any atom is -0.298 e. The van der Waals surface area contributed by atoms with Crippen LogP contribution in [0, 0.1) is 6.92 Å². The molecular formula is C11H10N2OS. The molecule has 2 rings (SSSR count). The van der Waals surface area contributed by atoms with Gasteiger partial charge in [0.15, 0.2) is 6.29 Å². The topological polar surface area (TPSA) is 45.8 Å². The molecule has 1 aromatic carbocycles. The maximum absolute atomic E-state index is 10.7. The number of thiol groups is 1. The average molecular weight is 218 g/mol. The Morgan fingerprint density at radius 1 is 1.47 bits per heavy atom. The van der Waals surface area contributed by atoms with Crippen molar-refractivity contribution < 1.29 is 4.79 Å². The lowest BCUT2D eigenvalue weighted by molar-refractivity contribution is 0.112. The molecule has 0 aliphatic rings. The van der Waals surface area contributed by atoms with E-state index < -0.39 is 0 Å². The van der Waals surface area contributed by atoms with Crippen LogP contribution in [0.2, 0.25) is 0 Å². The summed E-state index contributed by atoms with van der Waals surface area (Å²) in [6, 6.07) is 5.76. The van der Waals surface area contributed by atoms with Crippen LogP contribution in [0.4, 0.5) is 0 Å². The van der Waals surface area contributed by atoms with Crippen LogP contribution in [0.25, 0.3) is 11.3 Å². The van der Waals surface area contributed by atoms with Crippen molar-refractivity contribution in [1.29, 1.82) is 0 Å². The van der Waals surface area contributed by atoms with Gasteiger partial charge in [-0.05, 0) is 24.6 Å². The van der Waals surface area contributed by atoms with Gasteiger partial charge < -0.3 is 0 Å². The van der Waals surface area contributed by atoms with E-state index in [9.17, 15) is 4.79 Å². The Bertz CT molecular complexity index is 505. The van der Waals surface area contributed by atoms with Crippen LogP contribution >= 0.6 is 12.6 Å². The van der Waals surface area contributed by atoms with E-state index in [0.29, 0.717) is 11.3 Å². The van der Waals surface area contributed by atoms with E-state index in [4.69, 9.17) is 0 Å². The zero-order valence-electron chi connectivity index (χ0n) is 8.19. The van der Waals surface area contributed by atoms with Gasteiger partial charge in [0, 0.05) is 16.7 Å². The summed E-state index contributed by atoms with van der Waals surface area (Å²) < 4.78 is 0. The molecule has 0 amide bonds. The fourth-order valence-electron chi connectivity index (χ4n) is 1.42. The number of benzene rings is 1. The Labute approximate surface area is 92.9 Å². The number of aldehydes is 1. The third-order valence-electron chi connectivity index (χ3n) is 2.27. The van der Waals surface area contributed by atoms with E-state index in [1.807, 2.05) is 25.1 Å². The van der Waals surface area contributed by atoms with Crippen molar-refractivity contribution in [2.75, 3.05) is 0 Å². The largest absolute Gasteiger partial charge is 0.298 e. The fraction of sp³-hybridized carbons (Fsp3) is 0.0909. The Morgan fingerprint density at radius 3 is 2.93 bits per heavy atom. The minimum absolute atomic E-state index is 0.571. The second-order valence-corrected chi connectivity index (χ2v) is 3.79. The van der Waals surface area contributed by atoms with Gasteiger partial charge in [0.1, 0.15) is 5.69 Å². The first-order valence-corrected chi connectivity index (χ1v) is 4.96. The summed E-state index contributed by atoms with van der Waals surface area (Å²) in [4.78, 5) is 11.7. The molecule has 1 heterocycles. The summed E-state index contributed by atoms with van der Waals surface area (Å²) in [6.45, 7) is 1.97. The van der Waals surface area contributed by atoms with Gasteiger partial charge in [0.25, 0.3) is 0 Å². The van der Waals surface area contributed by atoms with E-state index >= 15 is 0 Å². The van der Waals surface area contributed by atoms with Gasteiger partial charge >= 0.3 is 0 Å². The summed E-state index contributed by atoms with van der Waals surface area (Å²) in [5.41, 5.74) is 3.24. The van der Waals surface area contributed by atoms with Crippen LogP contribution in [0.15, 0.2) is 29.3 Å². The first-order valence-electron chi connectivity index (χ1n) is 4.51. The van der Waals surface area contributed by atoms with Gasteiger partial charge in [-0.15, -0.1) is 12.6 Å². The molecule has 0 saturated carbocycles. The molecule has 0 radical (unpaired) electrons. The third kappa shape index (κ3) is 1.80. The van der Waals surface area contributed by atoms with Crippen LogP contribution in [-0.2, 0) is 0 Å². The van der Waals surface area contributed by atoms with Crippen LogP contribution in [0.3, 0.4) is 0 Å². The van der Waals surface area contributed by atoms with Gasteiger partial charge in [0.2, 0.25) is 0 Å². The molecule has 1 N–H and O–H groups in total. The van der Waals surface area contributed by atoms with Crippen molar-refractivity contribution in [3.8, 4) is 11.3 Å². The number of nitrogens with zero attached hydrogens (tertiary/aromatic N) is 1. The smallest absolute Gasteiger partial charge is 0.153 e. The van der Waals surface area contributed by atoms with E-state index in [-0.39, 0.29) is 0 Å². The van der Waals surface area contributed by atoms with Crippen LogP contribution < -0.4 is 0 Å². The molecule has 0 bridgehead atoms. The third-order valence-corrected chi connectivity index (χ3v) is 2.77. The van der Waals surface area contributed by atoms with Crippen molar-refractivity contribution in [2.24, 2.45) is 0 Å². The average Bonchev–Trinajstić information content (AvgIpc) is 2.70. The van der Waals surface area contributed by atoms with Gasteiger partial charge in [0.05, 0.1) is 5.56 Å². The highest BCUT2D eigenvalue weighted by Crippen LogP contribution is 2.24. The summed E-state index contributed by atoms with van der Waals surface area (Å²) >= 11 is 4.29. The van der Waals surface area contributed by atoms with Crippen molar-refractivity contribution in [2.45, 2.75) is 11.8 Å². The molecule has 1 aromatic heterocycles. The molecule has 0 atom stereocenters. The SMILES string of the molecule is Cc1cc(-c2n[nH]cc2C=O)ccc1S. The van der Waals surface area contributed by atoms with Gasteiger partial charge in [-0.2, -0.15) is 5.10 Å². The number of hydrogen-bond donors (Lipinski definition) is 2. The lowest BCUT2D eigenvalue weighted by atomic mass is 10.1. The normalized spacial score (nSPS) is 10.3. The minimum atomic E-state index is 0.571. The second-order valence-electron chi connectivity index (χ2n) is 3.31. The summed E-state index contributed by atoms with van der Waals surface area (Å²) in [5.74, 6) is 0. The molecule has 2 aromatic rings. The number of aromatic amines is 1. The molecule has 4 heteroatoms. The number of rotatable bonds is 2. The highest BCUT2D eigenvalue weighted by atomic mass is 32.1. The first-order chi connectivity index (χ1) is 7.22. The molecule has 0 spiro atoms. The van der Waals surface area contributed by atoms with Gasteiger partial charge in [-0.1, -0.05) is 6.07 Å². The Kier molecular flexibility index (Phi) is 2.60. The summed E-state index contributed by atoms with van der Waals surface area (Å²) in [6.07, 6.45) is 2.38. The molecule has 0 aliphatic carbocycles. The molecule has 0 aliphatic heterocycles. The maximum Gasteiger partial charge on any atom is 0.153 e. The summed E-state index contributed by atoms with van der Waals surface area (Å²) in [7, 11) is 0. The van der Waals surface area contributed by atoms with Crippen molar-refractivity contribution in [3.05, 3.63) is 35.5 Å². The van der Waals surface area contributed by atoms with Gasteiger partial charge in [-0.3, -0.25) is 9.89 Å². The standard InChI is InChI=1S/C11H10N2OS/c1-7-4-8(2-3-10(7)15)11-9(6-14)5-12-13-11/h2-6,15H,1H3,(H,12,13). The van der Waals surface area contributed by atoms with Crippen LogP contribution in [-0.4, -0.2) is 16.5 Å². The van der Waals surface area contributed by atoms with Crippen molar-refractivity contribution in [1.82, 2.24) is 10.2 Å². The molecule has 0 saturated heterocycles. The van der Waals surface area contributed by atoms with Crippen molar-refractivity contribution >= 4 is 18.9 Å². The predicted molar refractivity (Wildman–Crippen MR) is 61.4 cm³/mol. The molecule has 3 nitrogen and oxygen atoms in total. The van der Waals surface area contributed by atoms with Crippen LogP contribution in [0.5, 0.6) is 0 Å². The fourth-order valence-corrected chi connectivity index (χ4v) is 1.56. The lowest BCUT2D eigenvalue weighted by Crippen LogP contribution is -1.86. The number of carbonyl (C=O) groups excluding carboxylic acids is 1. The second kappa shape index (κ2) is 3.90. The molecule has 15 heavy (non-hydrogen) atoms. The summed E-state index contributed by atoms with van der Waals surface area (Å²) in [5, 5.41) is 6.73. The molecular weight excluding hydrogens is 208 g/mol. The monoisotopic (exact) mass is 218 g/mol. The number of aromatic nitrogens is 2. The van der Waals surface area contributed by atoms with Crippen LogP contribution in [0.1, 0.15) is 15.9 Å². The molecule has 0 unspecified atom stereocenters. The van der Waals surface area contributed by atoms with E-state index in [0.717, 1.165) is 22.3 Å². The quantitative estimate of drug-likeness (QED) is 0.601.